The molecule has 0 aliphatic heterocycles. The zero-order valence-corrected chi connectivity index (χ0v) is 16.7. The van der Waals surface area contributed by atoms with Crippen molar-refractivity contribution in [2.45, 2.75) is 19.8 Å². The van der Waals surface area contributed by atoms with E-state index in [0.717, 1.165) is 0 Å². The number of rotatable bonds is 5. The predicted molar refractivity (Wildman–Crippen MR) is 107 cm³/mol. The van der Waals surface area contributed by atoms with Gasteiger partial charge >= 0.3 is 0 Å². The van der Waals surface area contributed by atoms with Crippen LogP contribution in [0.3, 0.4) is 0 Å². The van der Waals surface area contributed by atoms with Crippen molar-refractivity contribution in [2.75, 3.05) is 25.1 Å². The molecule has 0 spiro atoms. The molecule has 0 aliphatic carbocycles. The van der Waals surface area contributed by atoms with Crippen LogP contribution >= 0.6 is 11.6 Å². The van der Waals surface area contributed by atoms with Crippen LogP contribution in [-0.2, 0) is 0 Å². The number of carbonyl (C=O) groups excluding carboxylic acids is 1. The van der Waals surface area contributed by atoms with Gasteiger partial charge < -0.3 is 20.4 Å². The third-order valence-corrected chi connectivity index (χ3v) is 4.16. The molecule has 0 unspecified atom stereocenters. The molecule has 0 radical (unpaired) electrons. The van der Waals surface area contributed by atoms with Crippen LogP contribution in [0.2, 0.25) is 5.02 Å². The van der Waals surface area contributed by atoms with Gasteiger partial charge in [-0.3, -0.25) is 4.79 Å². The van der Waals surface area contributed by atoms with E-state index in [4.69, 9.17) is 21.8 Å². The Morgan fingerprint density at radius 2 is 2.04 bits per heavy atom. The molecular weight excluding hydrogens is 382 g/mol. The summed E-state index contributed by atoms with van der Waals surface area (Å²) in [6.07, 6.45) is 1.51. The monoisotopic (exact) mass is 401 g/mol. The Kier molecular flexibility index (Phi) is 5.46. The highest BCUT2D eigenvalue weighted by Gasteiger charge is 2.16. The van der Waals surface area contributed by atoms with E-state index in [1.165, 1.54) is 11.1 Å². The third-order valence-electron chi connectivity index (χ3n) is 3.84. The van der Waals surface area contributed by atoms with Gasteiger partial charge in [-0.05, 0) is 18.2 Å². The number of nitrogen functional groups attached to an aromatic ring is 1. The molecule has 0 saturated heterocycles. The summed E-state index contributed by atoms with van der Waals surface area (Å²) in [6.45, 7) is 3.90. The van der Waals surface area contributed by atoms with Crippen molar-refractivity contribution in [3.63, 3.8) is 0 Å². The van der Waals surface area contributed by atoms with Crippen molar-refractivity contribution >= 4 is 35.0 Å². The van der Waals surface area contributed by atoms with Gasteiger partial charge in [0.05, 0.1) is 16.1 Å². The third kappa shape index (κ3) is 4.04. The Bertz CT molecular complexity index is 1020. The molecule has 1 amide bonds. The Morgan fingerprint density at radius 3 is 2.61 bits per heavy atom. The average molecular weight is 402 g/mol. The number of benzene rings is 1. The number of hydrogen-bond donors (Lipinski definition) is 2. The zero-order valence-electron chi connectivity index (χ0n) is 15.9. The number of halogens is 1. The molecule has 0 saturated carbocycles. The highest BCUT2D eigenvalue weighted by atomic mass is 35.5. The van der Waals surface area contributed by atoms with Gasteiger partial charge in [0.15, 0.2) is 0 Å². The molecule has 0 fully saturated rings. The molecule has 0 atom stereocenters. The predicted octanol–water partition coefficient (Wildman–Crippen LogP) is 3.33. The molecule has 10 heteroatoms. The molecule has 28 heavy (non-hydrogen) atoms. The van der Waals surface area contributed by atoms with Crippen LogP contribution in [-0.4, -0.2) is 45.1 Å². The molecule has 0 aliphatic rings. The normalized spacial score (nSPS) is 10.9. The van der Waals surface area contributed by atoms with Gasteiger partial charge in [0.1, 0.15) is 5.82 Å². The average Bonchev–Trinajstić information content (AvgIpc) is 3.11. The van der Waals surface area contributed by atoms with Crippen LogP contribution < -0.4 is 11.1 Å². The smallest absolute Gasteiger partial charge is 0.254 e. The molecular formula is C18H20ClN7O2. The van der Waals surface area contributed by atoms with E-state index in [-0.39, 0.29) is 29.5 Å². The minimum absolute atomic E-state index is 0.108. The first-order valence-corrected chi connectivity index (χ1v) is 8.88. The summed E-state index contributed by atoms with van der Waals surface area (Å²) in [5, 5.41) is 11.3. The molecule has 146 valence electrons. The quantitative estimate of drug-likeness (QED) is 0.667. The summed E-state index contributed by atoms with van der Waals surface area (Å²) in [6, 6.07) is 4.97. The minimum Gasteiger partial charge on any atom is -0.420 e. The fourth-order valence-electron chi connectivity index (χ4n) is 2.33. The Labute approximate surface area is 166 Å². The largest absolute Gasteiger partial charge is 0.420 e. The second-order valence-electron chi connectivity index (χ2n) is 6.61. The molecule has 3 rings (SSSR count). The first-order valence-electron chi connectivity index (χ1n) is 8.50. The van der Waals surface area contributed by atoms with Crippen LogP contribution in [0.15, 0.2) is 28.8 Å². The van der Waals surface area contributed by atoms with Crippen molar-refractivity contribution in [3.8, 4) is 11.5 Å². The van der Waals surface area contributed by atoms with Crippen LogP contribution in [0, 0.1) is 0 Å². The number of hydrogen-bond acceptors (Lipinski definition) is 8. The topological polar surface area (TPSA) is 123 Å². The number of nitrogens with two attached hydrogens (primary N) is 1. The zero-order chi connectivity index (χ0) is 20.4. The van der Waals surface area contributed by atoms with Crippen molar-refractivity contribution in [1.29, 1.82) is 0 Å². The van der Waals surface area contributed by atoms with Crippen molar-refractivity contribution in [3.05, 3.63) is 40.9 Å². The lowest BCUT2D eigenvalue weighted by molar-refractivity contribution is 0.0828. The number of aromatic nitrogens is 4. The molecule has 3 N–H and O–H groups in total. The Hall–Kier alpha value is -3.20. The minimum atomic E-state index is -0.179. The molecule has 1 aromatic carbocycles. The van der Waals surface area contributed by atoms with E-state index < -0.39 is 0 Å². The second-order valence-corrected chi connectivity index (χ2v) is 7.02. The van der Waals surface area contributed by atoms with E-state index in [9.17, 15) is 4.79 Å². The van der Waals surface area contributed by atoms with Crippen molar-refractivity contribution < 1.29 is 9.21 Å². The lowest BCUT2D eigenvalue weighted by Gasteiger charge is -2.13. The van der Waals surface area contributed by atoms with Crippen LogP contribution in [0.5, 0.6) is 0 Å². The van der Waals surface area contributed by atoms with E-state index in [2.05, 4.69) is 25.5 Å². The molecule has 0 bridgehead atoms. The van der Waals surface area contributed by atoms with E-state index >= 15 is 0 Å². The number of nitrogens with one attached hydrogen (secondary N) is 1. The molecule has 2 heterocycles. The van der Waals surface area contributed by atoms with Crippen LogP contribution in [0.4, 0.5) is 17.5 Å². The summed E-state index contributed by atoms with van der Waals surface area (Å²) in [4.78, 5) is 22.0. The Morgan fingerprint density at radius 1 is 1.29 bits per heavy atom. The standard InChI is InChI=1S/C18H20ClN7O2/c1-9(2)15-24-25-16(28-15)12-8-21-18(23-14(12)20)22-10-5-6-11(13(19)7-10)17(27)26(3)4/h5-9H,1-4H3,(H3,20,21,22,23). The fourth-order valence-corrected chi connectivity index (χ4v) is 2.59. The maximum absolute atomic E-state index is 12.1. The van der Waals surface area contributed by atoms with Gasteiger partial charge in [-0.1, -0.05) is 25.4 Å². The van der Waals surface area contributed by atoms with Gasteiger partial charge in [-0.25, -0.2) is 4.98 Å². The van der Waals surface area contributed by atoms with Gasteiger partial charge in [0.25, 0.3) is 11.8 Å². The van der Waals surface area contributed by atoms with Gasteiger partial charge in [-0.2, -0.15) is 4.98 Å². The maximum atomic E-state index is 12.1. The van der Waals surface area contributed by atoms with E-state index in [0.29, 0.717) is 27.7 Å². The lowest BCUT2D eigenvalue weighted by Crippen LogP contribution is -2.21. The summed E-state index contributed by atoms with van der Waals surface area (Å²) in [5.74, 6) is 1.17. The maximum Gasteiger partial charge on any atom is 0.254 e. The van der Waals surface area contributed by atoms with Crippen molar-refractivity contribution in [1.82, 2.24) is 25.1 Å². The Balaban J connectivity index is 1.81. The van der Waals surface area contributed by atoms with Gasteiger partial charge in [0.2, 0.25) is 11.8 Å². The summed E-state index contributed by atoms with van der Waals surface area (Å²) in [5.41, 5.74) is 7.50. The van der Waals surface area contributed by atoms with Crippen LogP contribution in [0.25, 0.3) is 11.5 Å². The molecule has 3 aromatic rings. The van der Waals surface area contributed by atoms with Gasteiger partial charge in [-0.15, -0.1) is 10.2 Å². The SMILES string of the molecule is CC(C)c1nnc(-c2cnc(Nc3ccc(C(=O)N(C)C)c(Cl)c3)nc2N)o1. The number of amides is 1. The first kappa shape index (κ1) is 19.6. The number of anilines is 3. The molecule has 9 nitrogen and oxygen atoms in total. The van der Waals surface area contributed by atoms with E-state index in [1.54, 1.807) is 32.3 Å². The summed E-state index contributed by atoms with van der Waals surface area (Å²) < 4.78 is 5.58. The van der Waals surface area contributed by atoms with Gasteiger partial charge in [0, 0.05) is 31.9 Å². The van der Waals surface area contributed by atoms with E-state index in [1.807, 2.05) is 13.8 Å². The fraction of sp³-hybridized carbons (Fsp3) is 0.278. The van der Waals surface area contributed by atoms with Crippen molar-refractivity contribution in [2.24, 2.45) is 0 Å². The number of carbonyl (C=O) groups is 1. The second kappa shape index (κ2) is 7.81. The highest BCUT2D eigenvalue weighted by molar-refractivity contribution is 6.34. The molecule has 2 aromatic heterocycles. The summed E-state index contributed by atoms with van der Waals surface area (Å²) in [7, 11) is 3.33. The van der Waals surface area contributed by atoms with Crippen LogP contribution in [0.1, 0.15) is 36.0 Å². The lowest BCUT2D eigenvalue weighted by atomic mass is 10.2. The first-order chi connectivity index (χ1) is 13.3. The summed E-state index contributed by atoms with van der Waals surface area (Å²) >= 11 is 6.22. The highest BCUT2D eigenvalue weighted by Crippen LogP contribution is 2.27. The number of nitrogens with zero attached hydrogens (tertiary/aromatic N) is 5.